The first-order valence-electron chi connectivity index (χ1n) is 4.28. The molecule has 1 aromatic heterocycles. The second-order valence-corrected chi connectivity index (χ2v) is 2.87. The highest BCUT2D eigenvalue weighted by Crippen LogP contribution is 2.13. The van der Waals surface area contributed by atoms with Gasteiger partial charge in [0.2, 0.25) is 5.82 Å². The third-order valence-electron chi connectivity index (χ3n) is 1.67. The molecule has 7 nitrogen and oxygen atoms in total. The van der Waals surface area contributed by atoms with Gasteiger partial charge in [0.05, 0.1) is 6.54 Å². The van der Waals surface area contributed by atoms with E-state index in [0.717, 1.165) is 11.0 Å². The second kappa shape index (κ2) is 4.80. The maximum Gasteiger partial charge on any atom is 0.471 e. The Morgan fingerprint density at radius 2 is 2.12 bits per heavy atom. The zero-order valence-corrected chi connectivity index (χ0v) is 8.23. The van der Waals surface area contributed by atoms with Crippen molar-refractivity contribution < 1.29 is 27.9 Å². The van der Waals surface area contributed by atoms with E-state index in [-0.39, 0.29) is 6.54 Å². The van der Waals surface area contributed by atoms with Crippen molar-refractivity contribution in [2.75, 3.05) is 6.54 Å². The highest BCUT2D eigenvalue weighted by Gasteiger charge is 2.38. The minimum absolute atomic E-state index is 0.219. The minimum atomic E-state index is -4.96. The van der Waals surface area contributed by atoms with Crippen LogP contribution >= 0.6 is 0 Å². The highest BCUT2D eigenvalue weighted by molar-refractivity contribution is 5.83. The Morgan fingerprint density at radius 1 is 1.47 bits per heavy atom. The summed E-state index contributed by atoms with van der Waals surface area (Å²) >= 11 is 0. The lowest BCUT2D eigenvalue weighted by molar-refractivity contribution is -0.173. The van der Waals surface area contributed by atoms with E-state index < -0.39 is 30.4 Å². The van der Waals surface area contributed by atoms with Gasteiger partial charge in [0.15, 0.2) is 0 Å². The van der Waals surface area contributed by atoms with Gasteiger partial charge in [-0.3, -0.25) is 4.79 Å². The van der Waals surface area contributed by atoms with Crippen molar-refractivity contribution in [3.63, 3.8) is 0 Å². The van der Waals surface area contributed by atoms with Crippen LogP contribution in [0.4, 0.5) is 13.2 Å². The van der Waals surface area contributed by atoms with Crippen LogP contribution in [0.3, 0.4) is 0 Å². The summed E-state index contributed by atoms with van der Waals surface area (Å²) < 4.78 is 36.2. The number of hydrogen-bond donors (Lipinski definition) is 2. The lowest BCUT2D eigenvalue weighted by Gasteiger charge is -2.08. The summed E-state index contributed by atoms with van der Waals surface area (Å²) in [5.74, 6) is -3.86. The summed E-state index contributed by atoms with van der Waals surface area (Å²) in [5.41, 5.74) is 0. The molecule has 94 valence electrons. The van der Waals surface area contributed by atoms with Gasteiger partial charge in [0.1, 0.15) is 6.33 Å². The molecule has 1 heterocycles. The molecule has 1 rings (SSSR count). The fraction of sp³-hybridized carbons (Fsp3) is 0.429. The van der Waals surface area contributed by atoms with Crippen LogP contribution in [0.25, 0.3) is 0 Å². The van der Waals surface area contributed by atoms with Crippen LogP contribution < -0.4 is 5.32 Å². The molecule has 0 aliphatic heterocycles. The van der Waals surface area contributed by atoms with Gasteiger partial charge < -0.3 is 10.4 Å². The molecular weight excluding hydrogens is 245 g/mol. The Hall–Kier alpha value is -2.13. The molecule has 0 aliphatic carbocycles. The first-order valence-corrected chi connectivity index (χ1v) is 4.28. The number of hydrogen-bond acceptors (Lipinski definition) is 4. The molecule has 1 amide bonds. The summed E-state index contributed by atoms with van der Waals surface area (Å²) in [6.07, 6.45) is -4.01. The van der Waals surface area contributed by atoms with Gasteiger partial charge in [0, 0.05) is 6.54 Å². The third kappa shape index (κ3) is 3.43. The number of nitrogens with one attached hydrogen (secondary N) is 1. The number of amides is 1. The molecule has 2 N–H and O–H groups in total. The van der Waals surface area contributed by atoms with Crippen LogP contribution in [0.1, 0.15) is 10.6 Å². The molecule has 0 unspecified atom stereocenters. The van der Waals surface area contributed by atoms with Gasteiger partial charge >= 0.3 is 18.1 Å². The molecular formula is C7H7F3N4O3. The molecule has 0 radical (unpaired) electrons. The smallest absolute Gasteiger partial charge is 0.471 e. The third-order valence-corrected chi connectivity index (χ3v) is 1.67. The van der Waals surface area contributed by atoms with E-state index in [1.54, 1.807) is 5.32 Å². The van der Waals surface area contributed by atoms with Crippen LogP contribution in [-0.4, -0.2) is 44.5 Å². The standard InChI is InChI=1S/C7H7F3N4O3/c8-7(9,10)6(17)11-1-2-14-4(5(15)16)12-3-13-14/h3H,1-2H2,(H,11,17)(H,15,16). The van der Waals surface area contributed by atoms with E-state index in [2.05, 4.69) is 10.1 Å². The molecule has 10 heteroatoms. The van der Waals surface area contributed by atoms with Gasteiger partial charge in [-0.2, -0.15) is 18.3 Å². The van der Waals surface area contributed by atoms with E-state index in [1.165, 1.54) is 0 Å². The van der Waals surface area contributed by atoms with Crippen LogP contribution in [-0.2, 0) is 11.3 Å². The average molecular weight is 252 g/mol. The van der Waals surface area contributed by atoms with Crippen molar-refractivity contribution in [1.29, 1.82) is 0 Å². The number of rotatable bonds is 4. The first kappa shape index (κ1) is 12.9. The normalized spacial score (nSPS) is 11.2. The zero-order valence-electron chi connectivity index (χ0n) is 8.23. The van der Waals surface area contributed by atoms with E-state index in [4.69, 9.17) is 5.11 Å². The maximum atomic E-state index is 11.8. The Kier molecular flexibility index (Phi) is 3.66. The zero-order chi connectivity index (χ0) is 13.1. The van der Waals surface area contributed by atoms with Gasteiger partial charge in [0.25, 0.3) is 0 Å². The van der Waals surface area contributed by atoms with Crippen molar-refractivity contribution in [1.82, 2.24) is 20.1 Å². The number of halogens is 3. The molecule has 0 fully saturated rings. The molecule has 0 bridgehead atoms. The van der Waals surface area contributed by atoms with Crippen LogP contribution in [0.15, 0.2) is 6.33 Å². The molecule has 0 aromatic carbocycles. The van der Waals surface area contributed by atoms with Crippen molar-refractivity contribution >= 4 is 11.9 Å². The summed E-state index contributed by atoms with van der Waals surface area (Å²) in [6.45, 7) is -0.620. The van der Waals surface area contributed by atoms with Crippen molar-refractivity contribution in [2.45, 2.75) is 12.7 Å². The van der Waals surface area contributed by atoms with E-state index in [9.17, 15) is 22.8 Å². The highest BCUT2D eigenvalue weighted by atomic mass is 19.4. The SMILES string of the molecule is O=C(O)c1ncnn1CCNC(=O)C(F)(F)F. The molecule has 0 atom stereocenters. The molecule has 0 saturated heterocycles. The number of nitrogens with zero attached hydrogens (tertiary/aromatic N) is 3. The fourth-order valence-electron chi connectivity index (χ4n) is 0.969. The number of carbonyl (C=O) groups excluding carboxylic acids is 1. The Balaban J connectivity index is 2.49. The molecule has 17 heavy (non-hydrogen) atoms. The quantitative estimate of drug-likeness (QED) is 0.763. The number of carboxylic acids is 1. The summed E-state index contributed by atoms with van der Waals surface area (Å²) in [6, 6.07) is 0. The van der Waals surface area contributed by atoms with E-state index in [1.807, 2.05) is 0 Å². The average Bonchev–Trinajstić information content (AvgIpc) is 2.64. The summed E-state index contributed by atoms with van der Waals surface area (Å²) in [7, 11) is 0. The minimum Gasteiger partial charge on any atom is -0.475 e. The number of aromatic nitrogens is 3. The molecule has 0 spiro atoms. The molecule has 0 saturated carbocycles. The van der Waals surface area contributed by atoms with Gasteiger partial charge in [-0.1, -0.05) is 0 Å². The lowest BCUT2D eigenvalue weighted by atomic mass is 10.5. The monoisotopic (exact) mass is 252 g/mol. The Bertz CT molecular complexity index is 428. The van der Waals surface area contributed by atoms with Crippen LogP contribution in [0.2, 0.25) is 0 Å². The van der Waals surface area contributed by atoms with Crippen molar-refractivity contribution in [2.24, 2.45) is 0 Å². The molecule has 1 aromatic rings. The first-order chi connectivity index (χ1) is 7.82. The molecule has 0 aliphatic rings. The number of aromatic carboxylic acids is 1. The van der Waals surface area contributed by atoms with Gasteiger partial charge in [-0.15, -0.1) is 0 Å². The largest absolute Gasteiger partial charge is 0.475 e. The number of carbonyl (C=O) groups is 2. The van der Waals surface area contributed by atoms with Gasteiger partial charge in [-0.05, 0) is 0 Å². The fourth-order valence-corrected chi connectivity index (χ4v) is 0.969. The van der Waals surface area contributed by atoms with Crippen LogP contribution in [0.5, 0.6) is 0 Å². The second-order valence-electron chi connectivity index (χ2n) is 2.87. The maximum absolute atomic E-state index is 11.8. The van der Waals surface area contributed by atoms with Crippen molar-refractivity contribution in [3.05, 3.63) is 12.2 Å². The Labute approximate surface area is 92.2 Å². The van der Waals surface area contributed by atoms with E-state index >= 15 is 0 Å². The van der Waals surface area contributed by atoms with E-state index in [0.29, 0.717) is 0 Å². The summed E-state index contributed by atoms with van der Waals surface area (Å²) in [5, 5.41) is 13.7. The lowest BCUT2D eigenvalue weighted by Crippen LogP contribution is -2.38. The summed E-state index contributed by atoms with van der Waals surface area (Å²) in [4.78, 5) is 24.3. The number of alkyl halides is 3. The number of carboxylic acid groups (broad SMARTS) is 1. The van der Waals surface area contributed by atoms with Crippen molar-refractivity contribution in [3.8, 4) is 0 Å². The Morgan fingerprint density at radius 3 is 2.65 bits per heavy atom. The van der Waals surface area contributed by atoms with Crippen LogP contribution in [0, 0.1) is 0 Å². The predicted octanol–water partition coefficient (Wildman–Crippen LogP) is -0.345. The van der Waals surface area contributed by atoms with Gasteiger partial charge in [-0.25, -0.2) is 14.5 Å². The topological polar surface area (TPSA) is 97.1 Å². The predicted molar refractivity (Wildman–Crippen MR) is 46.0 cm³/mol.